The fourth-order valence-corrected chi connectivity index (χ4v) is 2.07. The summed E-state index contributed by atoms with van der Waals surface area (Å²) in [5, 5.41) is 4.54. The Morgan fingerprint density at radius 1 is 1.24 bits per heavy atom. The largest absolute Gasteiger partial charge is 0.491 e. The van der Waals surface area contributed by atoms with Crippen LogP contribution in [0.5, 0.6) is 5.75 Å². The number of hydrogen-bond donors (Lipinski definition) is 1. The van der Waals surface area contributed by atoms with E-state index in [1.54, 1.807) is 0 Å². The predicted molar refractivity (Wildman–Crippen MR) is 74.2 cm³/mol. The molecule has 2 nitrogen and oxygen atoms in total. The molecule has 0 aliphatic carbocycles. The van der Waals surface area contributed by atoms with Gasteiger partial charge in [-0.2, -0.15) is 0 Å². The van der Waals surface area contributed by atoms with Crippen molar-refractivity contribution < 1.29 is 4.74 Å². The Balaban J connectivity index is 2.76. The number of halogens is 2. The summed E-state index contributed by atoms with van der Waals surface area (Å²) in [4.78, 5) is 0. The van der Waals surface area contributed by atoms with Crippen LogP contribution in [-0.4, -0.2) is 12.6 Å². The lowest BCUT2D eigenvalue weighted by atomic mass is 10.2. The third kappa shape index (κ3) is 4.38. The molecule has 0 aliphatic heterocycles. The van der Waals surface area contributed by atoms with Gasteiger partial charge >= 0.3 is 0 Å². The average Bonchev–Trinajstić information content (AvgIpc) is 2.30. The molecule has 0 aliphatic rings. The molecule has 96 valence electrons. The first-order chi connectivity index (χ1) is 8.08. The van der Waals surface area contributed by atoms with Crippen LogP contribution in [0, 0.1) is 0 Å². The van der Waals surface area contributed by atoms with Crippen LogP contribution in [0.1, 0.15) is 32.8 Å². The van der Waals surface area contributed by atoms with Crippen LogP contribution in [0.2, 0.25) is 10.0 Å². The minimum Gasteiger partial charge on any atom is -0.491 e. The maximum atomic E-state index is 6.13. The van der Waals surface area contributed by atoms with E-state index in [1.807, 2.05) is 19.1 Å². The van der Waals surface area contributed by atoms with E-state index in [0.717, 1.165) is 18.5 Å². The van der Waals surface area contributed by atoms with Gasteiger partial charge in [0.15, 0.2) is 5.75 Å². The summed E-state index contributed by atoms with van der Waals surface area (Å²) in [7, 11) is 0. The van der Waals surface area contributed by atoms with Crippen LogP contribution in [-0.2, 0) is 6.54 Å². The van der Waals surface area contributed by atoms with Gasteiger partial charge < -0.3 is 10.1 Å². The average molecular weight is 276 g/mol. The van der Waals surface area contributed by atoms with E-state index in [0.29, 0.717) is 28.4 Å². The smallest absolute Gasteiger partial charge is 0.156 e. The zero-order chi connectivity index (χ0) is 12.8. The van der Waals surface area contributed by atoms with Gasteiger partial charge in [0.25, 0.3) is 0 Å². The quantitative estimate of drug-likeness (QED) is 0.837. The molecule has 0 heterocycles. The molecule has 4 heteroatoms. The first kappa shape index (κ1) is 14.6. The van der Waals surface area contributed by atoms with Gasteiger partial charge in [0.2, 0.25) is 0 Å². The van der Waals surface area contributed by atoms with Crippen molar-refractivity contribution in [2.24, 2.45) is 0 Å². The van der Waals surface area contributed by atoms with Crippen LogP contribution in [0.15, 0.2) is 12.1 Å². The molecule has 0 bridgehead atoms. The maximum Gasteiger partial charge on any atom is 0.156 e. The normalized spacial score (nSPS) is 12.5. The lowest BCUT2D eigenvalue weighted by Gasteiger charge is -2.13. The molecule has 1 N–H and O–H groups in total. The van der Waals surface area contributed by atoms with Gasteiger partial charge in [-0.25, -0.2) is 0 Å². The molecule has 1 unspecified atom stereocenters. The van der Waals surface area contributed by atoms with Crippen LogP contribution in [0.25, 0.3) is 0 Å². The summed E-state index contributed by atoms with van der Waals surface area (Å²) in [6.07, 6.45) is 1.10. The molecule has 0 amide bonds. The molecule has 0 spiro atoms. The van der Waals surface area contributed by atoms with E-state index >= 15 is 0 Å². The Labute approximate surface area is 113 Å². The summed E-state index contributed by atoms with van der Waals surface area (Å²) in [6.45, 7) is 7.53. The second-order valence-corrected chi connectivity index (χ2v) is 4.83. The van der Waals surface area contributed by atoms with Crippen molar-refractivity contribution in [2.75, 3.05) is 6.61 Å². The SMILES string of the molecule is CCOc1c(Cl)cc(CNC(C)CC)cc1Cl. The molecule has 1 aromatic carbocycles. The highest BCUT2D eigenvalue weighted by atomic mass is 35.5. The van der Waals surface area contributed by atoms with Crippen LogP contribution in [0.3, 0.4) is 0 Å². The minimum atomic E-state index is 0.485. The fraction of sp³-hybridized carbons (Fsp3) is 0.538. The Morgan fingerprint density at radius 2 is 1.82 bits per heavy atom. The first-order valence-electron chi connectivity index (χ1n) is 5.92. The Morgan fingerprint density at radius 3 is 2.29 bits per heavy atom. The molecule has 17 heavy (non-hydrogen) atoms. The zero-order valence-corrected chi connectivity index (χ0v) is 12.0. The van der Waals surface area contributed by atoms with E-state index in [2.05, 4.69) is 19.2 Å². The maximum absolute atomic E-state index is 6.13. The first-order valence-corrected chi connectivity index (χ1v) is 6.68. The van der Waals surface area contributed by atoms with Crippen LogP contribution < -0.4 is 10.1 Å². The summed E-state index contributed by atoms with van der Waals surface area (Å²) < 4.78 is 5.38. The van der Waals surface area contributed by atoms with Crippen LogP contribution >= 0.6 is 23.2 Å². The molecule has 0 radical (unpaired) electrons. The van der Waals surface area contributed by atoms with Crippen molar-refractivity contribution in [1.29, 1.82) is 0 Å². The van der Waals surface area contributed by atoms with E-state index in [9.17, 15) is 0 Å². The minimum absolute atomic E-state index is 0.485. The van der Waals surface area contributed by atoms with Crippen molar-refractivity contribution in [2.45, 2.75) is 39.8 Å². The summed E-state index contributed by atoms with van der Waals surface area (Å²) in [6, 6.07) is 4.28. The lowest BCUT2D eigenvalue weighted by molar-refractivity contribution is 0.340. The number of rotatable bonds is 6. The van der Waals surface area contributed by atoms with Gasteiger partial charge in [0, 0.05) is 12.6 Å². The fourth-order valence-electron chi connectivity index (χ4n) is 1.43. The van der Waals surface area contributed by atoms with Gasteiger partial charge in [-0.15, -0.1) is 0 Å². The Bertz CT molecular complexity index is 345. The highest BCUT2D eigenvalue weighted by Gasteiger charge is 2.09. The molecule has 0 fully saturated rings. The van der Waals surface area contributed by atoms with E-state index < -0.39 is 0 Å². The molecular weight excluding hydrogens is 257 g/mol. The van der Waals surface area contributed by atoms with Crippen molar-refractivity contribution >= 4 is 23.2 Å². The highest BCUT2D eigenvalue weighted by molar-refractivity contribution is 6.37. The molecule has 0 saturated carbocycles. The monoisotopic (exact) mass is 275 g/mol. The van der Waals surface area contributed by atoms with Crippen molar-refractivity contribution in [3.05, 3.63) is 27.7 Å². The summed E-state index contributed by atoms with van der Waals surface area (Å²) in [5.41, 5.74) is 1.07. The molecule has 0 saturated heterocycles. The van der Waals surface area contributed by atoms with Crippen molar-refractivity contribution in [1.82, 2.24) is 5.32 Å². The Hall–Kier alpha value is -0.440. The Kier molecular flexibility index (Phi) is 6.10. The van der Waals surface area contributed by atoms with Gasteiger partial charge in [-0.05, 0) is 38.0 Å². The molecular formula is C13H19Cl2NO. The second kappa shape index (κ2) is 7.10. The van der Waals surface area contributed by atoms with E-state index in [4.69, 9.17) is 27.9 Å². The number of nitrogens with one attached hydrogen (secondary N) is 1. The summed E-state index contributed by atoms with van der Waals surface area (Å²) >= 11 is 12.3. The topological polar surface area (TPSA) is 21.3 Å². The van der Waals surface area contributed by atoms with Crippen molar-refractivity contribution in [3.8, 4) is 5.75 Å². The van der Waals surface area contributed by atoms with E-state index in [-0.39, 0.29) is 0 Å². The predicted octanol–water partition coefficient (Wildman–Crippen LogP) is 4.28. The molecule has 1 aromatic rings. The second-order valence-electron chi connectivity index (χ2n) is 4.01. The van der Waals surface area contributed by atoms with Gasteiger partial charge in [-0.1, -0.05) is 30.1 Å². The number of hydrogen-bond acceptors (Lipinski definition) is 2. The zero-order valence-electron chi connectivity index (χ0n) is 10.5. The molecule has 1 rings (SSSR count). The number of benzene rings is 1. The number of ether oxygens (including phenoxy) is 1. The highest BCUT2D eigenvalue weighted by Crippen LogP contribution is 2.34. The van der Waals surface area contributed by atoms with Gasteiger partial charge in [0.05, 0.1) is 16.7 Å². The van der Waals surface area contributed by atoms with Crippen LogP contribution in [0.4, 0.5) is 0 Å². The molecule has 1 atom stereocenters. The van der Waals surface area contributed by atoms with Gasteiger partial charge in [-0.3, -0.25) is 0 Å². The third-order valence-corrected chi connectivity index (χ3v) is 3.18. The van der Waals surface area contributed by atoms with Crippen molar-refractivity contribution in [3.63, 3.8) is 0 Å². The standard InChI is InChI=1S/C13H19Cl2NO/c1-4-9(3)16-8-10-6-11(14)13(17-5-2)12(15)7-10/h6-7,9,16H,4-5,8H2,1-3H3. The van der Waals surface area contributed by atoms with E-state index in [1.165, 1.54) is 0 Å². The summed E-state index contributed by atoms with van der Waals surface area (Å²) in [5.74, 6) is 0.572. The third-order valence-electron chi connectivity index (χ3n) is 2.61. The lowest BCUT2D eigenvalue weighted by Crippen LogP contribution is -2.24. The molecule has 0 aromatic heterocycles. The van der Waals surface area contributed by atoms with Gasteiger partial charge in [0.1, 0.15) is 0 Å².